The van der Waals surface area contributed by atoms with Gasteiger partial charge in [0.05, 0.1) is 18.1 Å². The van der Waals surface area contributed by atoms with Crippen molar-refractivity contribution >= 4 is 17.7 Å². The Labute approximate surface area is 121 Å². The quantitative estimate of drug-likeness (QED) is 0.623. The SMILES string of the molecule is C=CCn1cnnc1SC(C)C(=O)NCc1ccco1. The van der Waals surface area contributed by atoms with E-state index < -0.39 is 0 Å². The van der Waals surface area contributed by atoms with Crippen LogP contribution in [0.2, 0.25) is 0 Å². The van der Waals surface area contributed by atoms with Crippen LogP contribution in [0.5, 0.6) is 0 Å². The zero-order chi connectivity index (χ0) is 14.4. The van der Waals surface area contributed by atoms with Crippen molar-refractivity contribution < 1.29 is 9.21 Å². The fraction of sp³-hybridized carbons (Fsp3) is 0.308. The van der Waals surface area contributed by atoms with Crippen LogP contribution in [0, 0.1) is 0 Å². The van der Waals surface area contributed by atoms with Gasteiger partial charge < -0.3 is 14.3 Å². The Morgan fingerprint density at radius 2 is 2.55 bits per heavy atom. The fourth-order valence-electron chi connectivity index (χ4n) is 1.54. The summed E-state index contributed by atoms with van der Waals surface area (Å²) in [6.07, 6.45) is 4.96. The number of nitrogens with one attached hydrogen (secondary N) is 1. The highest BCUT2D eigenvalue weighted by molar-refractivity contribution is 8.00. The van der Waals surface area contributed by atoms with Gasteiger partial charge in [-0.15, -0.1) is 16.8 Å². The lowest BCUT2D eigenvalue weighted by atomic mass is 10.4. The highest BCUT2D eigenvalue weighted by Gasteiger charge is 2.17. The van der Waals surface area contributed by atoms with Crippen LogP contribution >= 0.6 is 11.8 Å². The van der Waals surface area contributed by atoms with Crippen molar-refractivity contribution in [3.8, 4) is 0 Å². The summed E-state index contributed by atoms with van der Waals surface area (Å²) in [5.74, 6) is 0.657. The lowest BCUT2D eigenvalue weighted by molar-refractivity contribution is -0.120. The monoisotopic (exact) mass is 292 g/mol. The number of furan rings is 1. The molecule has 0 bridgehead atoms. The molecule has 1 atom stereocenters. The Kier molecular flexibility index (Phi) is 5.00. The van der Waals surface area contributed by atoms with Gasteiger partial charge in [0.1, 0.15) is 12.1 Å². The van der Waals surface area contributed by atoms with Crippen molar-refractivity contribution in [3.05, 3.63) is 43.1 Å². The van der Waals surface area contributed by atoms with Crippen LogP contribution in [0.1, 0.15) is 12.7 Å². The molecule has 1 amide bonds. The zero-order valence-electron chi connectivity index (χ0n) is 11.2. The molecular formula is C13H16N4O2S. The molecule has 0 aromatic carbocycles. The van der Waals surface area contributed by atoms with Crippen LogP contribution in [0.3, 0.4) is 0 Å². The van der Waals surface area contributed by atoms with Crippen LogP contribution in [0.4, 0.5) is 0 Å². The average Bonchev–Trinajstić information content (AvgIpc) is 3.09. The highest BCUT2D eigenvalue weighted by atomic mass is 32.2. The number of carbonyl (C=O) groups is 1. The summed E-state index contributed by atoms with van der Waals surface area (Å²) in [6, 6.07) is 3.61. The Morgan fingerprint density at radius 3 is 3.25 bits per heavy atom. The summed E-state index contributed by atoms with van der Waals surface area (Å²) >= 11 is 1.36. The molecule has 0 radical (unpaired) electrons. The predicted octanol–water partition coefficient (Wildman–Crippen LogP) is 1.85. The second-order valence-electron chi connectivity index (χ2n) is 4.11. The number of amides is 1. The molecule has 0 aliphatic heterocycles. The summed E-state index contributed by atoms with van der Waals surface area (Å²) in [4.78, 5) is 12.0. The standard InChI is InChI=1S/C13H16N4O2S/c1-3-6-17-9-15-16-13(17)20-10(2)12(18)14-8-11-5-4-7-19-11/h3-5,7,9-10H,1,6,8H2,2H3,(H,14,18). The van der Waals surface area contributed by atoms with Crippen molar-refractivity contribution in [2.24, 2.45) is 0 Å². The molecule has 0 saturated carbocycles. The third kappa shape index (κ3) is 3.74. The normalized spacial score (nSPS) is 12.1. The van der Waals surface area contributed by atoms with Crippen molar-refractivity contribution in [1.29, 1.82) is 0 Å². The molecule has 2 heterocycles. The molecule has 1 unspecified atom stereocenters. The minimum atomic E-state index is -0.266. The smallest absolute Gasteiger partial charge is 0.233 e. The number of allylic oxidation sites excluding steroid dienone is 1. The first-order valence-electron chi connectivity index (χ1n) is 6.16. The van der Waals surface area contributed by atoms with Crippen LogP contribution in [0.25, 0.3) is 0 Å². The van der Waals surface area contributed by atoms with Gasteiger partial charge in [0.15, 0.2) is 5.16 Å². The molecule has 20 heavy (non-hydrogen) atoms. The van der Waals surface area contributed by atoms with E-state index in [0.717, 1.165) is 5.76 Å². The number of hydrogen-bond donors (Lipinski definition) is 1. The van der Waals surface area contributed by atoms with E-state index in [0.29, 0.717) is 18.2 Å². The Balaban J connectivity index is 1.87. The van der Waals surface area contributed by atoms with Gasteiger partial charge in [0.25, 0.3) is 0 Å². The Bertz CT molecular complexity index is 565. The molecular weight excluding hydrogens is 276 g/mol. The van der Waals surface area contributed by atoms with Gasteiger partial charge in [-0.3, -0.25) is 4.79 Å². The lowest BCUT2D eigenvalue weighted by Gasteiger charge is -2.11. The maximum Gasteiger partial charge on any atom is 0.233 e. The van der Waals surface area contributed by atoms with E-state index in [2.05, 4.69) is 22.1 Å². The van der Waals surface area contributed by atoms with Gasteiger partial charge in [-0.1, -0.05) is 17.8 Å². The number of carbonyl (C=O) groups excluding carboxylic acids is 1. The maximum atomic E-state index is 12.0. The van der Waals surface area contributed by atoms with Gasteiger partial charge in [0.2, 0.25) is 5.91 Å². The highest BCUT2D eigenvalue weighted by Crippen LogP contribution is 2.20. The fourth-order valence-corrected chi connectivity index (χ4v) is 2.40. The molecule has 0 spiro atoms. The predicted molar refractivity (Wildman–Crippen MR) is 76.1 cm³/mol. The van der Waals surface area contributed by atoms with Gasteiger partial charge in [-0.25, -0.2) is 0 Å². The van der Waals surface area contributed by atoms with E-state index in [1.807, 2.05) is 17.6 Å². The summed E-state index contributed by atoms with van der Waals surface area (Å²) in [5, 5.41) is 11.1. The maximum absolute atomic E-state index is 12.0. The van der Waals surface area contributed by atoms with E-state index in [4.69, 9.17) is 4.42 Å². The molecule has 0 aliphatic rings. The van der Waals surface area contributed by atoms with E-state index in [-0.39, 0.29) is 11.2 Å². The molecule has 2 aromatic rings. The first-order valence-corrected chi connectivity index (χ1v) is 7.04. The molecule has 2 rings (SSSR count). The number of nitrogens with zero attached hydrogens (tertiary/aromatic N) is 3. The molecule has 2 aromatic heterocycles. The van der Waals surface area contributed by atoms with E-state index in [1.165, 1.54) is 11.8 Å². The van der Waals surface area contributed by atoms with Crippen molar-refractivity contribution in [2.45, 2.75) is 30.4 Å². The Hall–Kier alpha value is -2.02. The summed E-state index contributed by atoms with van der Waals surface area (Å²) in [6.45, 7) is 6.51. The van der Waals surface area contributed by atoms with E-state index in [1.54, 1.807) is 24.7 Å². The molecule has 1 N–H and O–H groups in total. The van der Waals surface area contributed by atoms with Crippen LogP contribution < -0.4 is 5.32 Å². The molecule has 7 heteroatoms. The molecule has 6 nitrogen and oxygen atoms in total. The Morgan fingerprint density at radius 1 is 1.70 bits per heavy atom. The third-order valence-corrected chi connectivity index (χ3v) is 3.67. The third-order valence-electron chi connectivity index (χ3n) is 2.57. The van der Waals surface area contributed by atoms with Gasteiger partial charge in [-0.2, -0.15) is 0 Å². The molecule has 0 fully saturated rings. The topological polar surface area (TPSA) is 73.0 Å². The molecule has 0 aliphatic carbocycles. The second kappa shape index (κ2) is 6.95. The number of rotatable bonds is 7. The van der Waals surface area contributed by atoms with Gasteiger partial charge in [0, 0.05) is 6.54 Å². The van der Waals surface area contributed by atoms with Crippen molar-refractivity contribution in [3.63, 3.8) is 0 Å². The zero-order valence-corrected chi connectivity index (χ0v) is 12.0. The molecule has 106 valence electrons. The van der Waals surface area contributed by atoms with Gasteiger partial charge >= 0.3 is 0 Å². The minimum Gasteiger partial charge on any atom is -0.467 e. The first kappa shape index (κ1) is 14.4. The van der Waals surface area contributed by atoms with E-state index >= 15 is 0 Å². The summed E-state index contributed by atoms with van der Waals surface area (Å²) in [5.41, 5.74) is 0. The van der Waals surface area contributed by atoms with E-state index in [9.17, 15) is 4.79 Å². The van der Waals surface area contributed by atoms with Crippen LogP contribution in [-0.2, 0) is 17.9 Å². The average molecular weight is 292 g/mol. The van der Waals surface area contributed by atoms with Crippen molar-refractivity contribution in [2.75, 3.05) is 0 Å². The molecule has 0 saturated heterocycles. The largest absolute Gasteiger partial charge is 0.467 e. The number of thioether (sulfide) groups is 1. The van der Waals surface area contributed by atoms with Crippen LogP contribution in [0.15, 0.2) is 47.0 Å². The lowest BCUT2D eigenvalue weighted by Crippen LogP contribution is -2.30. The van der Waals surface area contributed by atoms with Crippen molar-refractivity contribution in [1.82, 2.24) is 20.1 Å². The van der Waals surface area contributed by atoms with Gasteiger partial charge in [-0.05, 0) is 19.1 Å². The van der Waals surface area contributed by atoms with Crippen LogP contribution in [-0.4, -0.2) is 25.9 Å². The number of hydrogen-bond acceptors (Lipinski definition) is 5. The number of aromatic nitrogens is 3. The summed E-state index contributed by atoms with van der Waals surface area (Å²) in [7, 11) is 0. The minimum absolute atomic E-state index is 0.0699. The summed E-state index contributed by atoms with van der Waals surface area (Å²) < 4.78 is 7.00. The second-order valence-corrected chi connectivity index (χ2v) is 5.42. The first-order chi connectivity index (χ1) is 9.70.